The molecule has 1 aliphatic rings. The van der Waals surface area contributed by atoms with Crippen molar-refractivity contribution in [2.24, 2.45) is 0 Å². The number of carbonyl (C=O) groups excluding carboxylic acids is 2. The van der Waals surface area contributed by atoms with Crippen molar-refractivity contribution < 1.29 is 14.0 Å². The van der Waals surface area contributed by atoms with Crippen LogP contribution in [0.4, 0.5) is 14.9 Å². The zero-order valence-corrected chi connectivity index (χ0v) is 17.6. The first-order valence-corrected chi connectivity index (χ1v) is 10.3. The highest BCUT2D eigenvalue weighted by atomic mass is 19.1. The number of nitrogens with zero attached hydrogens (tertiary/aromatic N) is 3. The second-order valence-electron chi connectivity index (χ2n) is 7.37. The largest absolute Gasteiger partial charge is 0.355 e. The zero-order chi connectivity index (χ0) is 21.5. The van der Waals surface area contributed by atoms with E-state index >= 15 is 0 Å². The Morgan fingerprint density at radius 1 is 1.03 bits per heavy atom. The van der Waals surface area contributed by atoms with Gasteiger partial charge >= 0.3 is 6.03 Å². The van der Waals surface area contributed by atoms with Crippen molar-refractivity contribution in [2.75, 3.05) is 44.7 Å². The first kappa shape index (κ1) is 21.8. The lowest BCUT2D eigenvalue weighted by atomic mass is 10.1. The van der Waals surface area contributed by atoms with Crippen molar-refractivity contribution in [1.29, 1.82) is 0 Å². The highest BCUT2D eigenvalue weighted by Gasteiger charge is 2.26. The molecule has 1 aliphatic heterocycles. The van der Waals surface area contributed by atoms with E-state index in [2.05, 4.69) is 17.1 Å². The molecule has 0 radical (unpaired) electrons. The molecule has 0 spiro atoms. The van der Waals surface area contributed by atoms with Gasteiger partial charge in [0.05, 0.1) is 6.54 Å². The van der Waals surface area contributed by atoms with E-state index in [4.69, 9.17) is 0 Å². The van der Waals surface area contributed by atoms with Crippen LogP contribution < -0.4 is 10.2 Å². The summed E-state index contributed by atoms with van der Waals surface area (Å²) in [7, 11) is 1.59. The van der Waals surface area contributed by atoms with Crippen LogP contribution in [0.15, 0.2) is 48.5 Å². The van der Waals surface area contributed by atoms with Crippen LogP contribution >= 0.6 is 0 Å². The molecule has 0 unspecified atom stereocenters. The van der Waals surface area contributed by atoms with E-state index in [-0.39, 0.29) is 11.9 Å². The van der Waals surface area contributed by atoms with E-state index in [0.717, 1.165) is 25.2 Å². The SMILES string of the molecule is CCN1CCN(C(=O)N(Cc2ccc(C(=O)NC)cc2)c2cccc(CF)c2)CC1. The minimum Gasteiger partial charge on any atom is -0.355 e. The molecule has 1 N–H and O–H groups in total. The van der Waals surface area contributed by atoms with E-state index in [1.54, 1.807) is 42.3 Å². The summed E-state index contributed by atoms with van der Waals surface area (Å²) in [5, 5.41) is 2.60. The monoisotopic (exact) mass is 412 g/mol. The third-order valence-electron chi connectivity index (χ3n) is 5.48. The average molecular weight is 413 g/mol. The molecule has 1 heterocycles. The highest BCUT2D eigenvalue weighted by molar-refractivity contribution is 5.94. The summed E-state index contributed by atoms with van der Waals surface area (Å²) < 4.78 is 13.2. The van der Waals surface area contributed by atoms with Crippen molar-refractivity contribution in [3.8, 4) is 0 Å². The molecule has 3 amide bonds. The number of urea groups is 1. The van der Waals surface area contributed by atoms with Gasteiger partial charge in [-0.3, -0.25) is 9.69 Å². The Labute approximate surface area is 177 Å². The number of halogens is 1. The third kappa shape index (κ3) is 5.16. The van der Waals surface area contributed by atoms with E-state index in [9.17, 15) is 14.0 Å². The van der Waals surface area contributed by atoms with E-state index in [0.29, 0.717) is 36.4 Å². The maximum atomic E-state index is 13.4. The van der Waals surface area contributed by atoms with Crippen molar-refractivity contribution >= 4 is 17.6 Å². The molecule has 2 aromatic carbocycles. The fourth-order valence-electron chi connectivity index (χ4n) is 3.59. The topological polar surface area (TPSA) is 55.9 Å². The Hall–Kier alpha value is -2.93. The Morgan fingerprint density at radius 2 is 1.73 bits per heavy atom. The van der Waals surface area contributed by atoms with Gasteiger partial charge in [-0.15, -0.1) is 0 Å². The van der Waals surface area contributed by atoms with Gasteiger partial charge < -0.3 is 15.1 Å². The van der Waals surface area contributed by atoms with E-state index in [1.807, 2.05) is 23.1 Å². The molecular formula is C23H29FN4O2. The normalized spacial score (nSPS) is 14.4. The average Bonchev–Trinajstić information content (AvgIpc) is 2.82. The second kappa shape index (κ2) is 10.2. The first-order chi connectivity index (χ1) is 14.5. The van der Waals surface area contributed by atoms with Crippen molar-refractivity contribution in [3.63, 3.8) is 0 Å². The molecule has 1 saturated heterocycles. The predicted molar refractivity (Wildman–Crippen MR) is 116 cm³/mol. The van der Waals surface area contributed by atoms with Crippen LogP contribution in [0, 0.1) is 0 Å². The maximum absolute atomic E-state index is 13.4. The molecule has 1 fully saturated rings. The van der Waals surface area contributed by atoms with E-state index in [1.165, 1.54) is 0 Å². The summed E-state index contributed by atoms with van der Waals surface area (Å²) >= 11 is 0. The number of benzene rings is 2. The summed E-state index contributed by atoms with van der Waals surface area (Å²) in [5.74, 6) is -0.154. The van der Waals surface area contributed by atoms with Crippen molar-refractivity contribution in [3.05, 3.63) is 65.2 Å². The molecule has 6 nitrogen and oxygen atoms in total. The van der Waals surface area contributed by atoms with Gasteiger partial charge in [-0.25, -0.2) is 9.18 Å². The molecule has 30 heavy (non-hydrogen) atoms. The van der Waals surface area contributed by atoms with Gasteiger partial charge in [0.15, 0.2) is 0 Å². The van der Waals surface area contributed by atoms with Crippen LogP contribution in [0.2, 0.25) is 0 Å². The van der Waals surface area contributed by atoms with Crippen LogP contribution in [0.3, 0.4) is 0 Å². The summed E-state index contributed by atoms with van der Waals surface area (Å²) in [6.45, 7) is 5.89. The molecular weight excluding hydrogens is 383 g/mol. The number of anilines is 1. The lowest BCUT2D eigenvalue weighted by Crippen LogP contribution is -2.52. The Kier molecular flexibility index (Phi) is 7.41. The highest BCUT2D eigenvalue weighted by Crippen LogP contribution is 2.22. The third-order valence-corrected chi connectivity index (χ3v) is 5.48. The molecule has 0 bridgehead atoms. The fourth-order valence-corrected chi connectivity index (χ4v) is 3.59. The predicted octanol–water partition coefficient (Wildman–Crippen LogP) is 3.28. The molecule has 0 aromatic heterocycles. The summed E-state index contributed by atoms with van der Waals surface area (Å²) in [6, 6.07) is 14.1. The van der Waals surface area contributed by atoms with Gasteiger partial charge in [-0.05, 0) is 41.9 Å². The molecule has 3 rings (SSSR count). The Morgan fingerprint density at radius 3 is 2.33 bits per heavy atom. The van der Waals surface area contributed by atoms with Crippen LogP contribution in [-0.2, 0) is 13.2 Å². The van der Waals surface area contributed by atoms with Gasteiger partial charge in [-0.2, -0.15) is 0 Å². The van der Waals surface area contributed by atoms with Gasteiger partial charge in [0.2, 0.25) is 0 Å². The molecule has 160 valence electrons. The molecule has 7 heteroatoms. The van der Waals surface area contributed by atoms with Gasteiger partial charge in [-0.1, -0.05) is 31.2 Å². The minimum absolute atomic E-state index is 0.0860. The summed E-state index contributed by atoms with van der Waals surface area (Å²) in [4.78, 5) is 31.0. The number of carbonyl (C=O) groups is 2. The van der Waals surface area contributed by atoms with Crippen LogP contribution in [-0.4, -0.2) is 61.5 Å². The number of piperazine rings is 1. The maximum Gasteiger partial charge on any atom is 0.324 e. The molecule has 2 aromatic rings. The van der Waals surface area contributed by atoms with Gasteiger partial charge in [0.25, 0.3) is 5.91 Å². The number of amides is 3. The Bertz CT molecular complexity index is 864. The smallest absolute Gasteiger partial charge is 0.324 e. The molecule has 0 atom stereocenters. The minimum atomic E-state index is -0.578. The first-order valence-electron chi connectivity index (χ1n) is 10.3. The number of alkyl halides is 1. The standard InChI is InChI=1S/C23H29FN4O2/c1-3-26-11-13-27(14-12-26)23(30)28(21-6-4-5-19(15-21)16-24)17-18-7-9-20(10-8-18)22(29)25-2/h4-10,15H,3,11-14,16-17H2,1-2H3,(H,25,29). The zero-order valence-electron chi connectivity index (χ0n) is 17.6. The van der Waals surface area contributed by atoms with Crippen molar-refractivity contribution in [1.82, 2.24) is 15.1 Å². The van der Waals surface area contributed by atoms with Crippen molar-refractivity contribution in [2.45, 2.75) is 20.1 Å². The summed E-state index contributed by atoms with van der Waals surface area (Å²) in [5.41, 5.74) is 2.67. The van der Waals surface area contributed by atoms with Gasteiger partial charge in [0, 0.05) is 44.5 Å². The molecule has 0 aliphatic carbocycles. The van der Waals surface area contributed by atoms with Crippen LogP contribution in [0.5, 0.6) is 0 Å². The van der Waals surface area contributed by atoms with Crippen LogP contribution in [0.1, 0.15) is 28.4 Å². The molecule has 0 saturated carbocycles. The fraction of sp³-hybridized carbons (Fsp3) is 0.391. The number of hydrogen-bond acceptors (Lipinski definition) is 3. The van der Waals surface area contributed by atoms with E-state index < -0.39 is 6.67 Å². The summed E-state index contributed by atoms with van der Waals surface area (Å²) in [6.07, 6.45) is 0. The Balaban J connectivity index is 1.84. The number of likely N-dealkylation sites (N-methyl/N-ethyl adjacent to an activating group) is 1. The lowest BCUT2D eigenvalue weighted by Gasteiger charge is -2.37. The van der Waals surface area contributed by atoms with Crippen LogP contribution in [0.25, 0.3) is 0 Å². The number of rotatable bonds is 6. The van der Waals surface area contributed by atoms with Gasteiger partial charge in [0.1, 0.15) is 6.67 Å². The number of hydrogen-bond donors (Lipinski definition) is 1. The number of nitrogens with one attached hydrogen (secondary N) is 1. The lowest BCUT2D eigenvalue weighted by molar-refractivity contribution is 0.0963. The second-order valence-corrected chi connectivity index (χ2v) is 7.37. The quantitative estimate of drug-likeness (QED) is 0.792.